The zero-order valence-electron chi connectivity index (χ0n) is 11.5. The molecule has 3 heteroatoms. The molecule has 0 saturated heterocycles. The number of ether oxygens (including phenoxy) is 1. The Hall–Kier alpha value is -1.87. The smallest absolute Gasteiger partial charge is 0.166 e. The number of nitrogens with two attached hydrogens (primary N) is 1. The summed E-state index contributed by atoms with van der Waals surface area (Å²) in [5.74, 6) is 0.566. The highest BCUT2D eigenvalue weighted by atomic mass is 19.1. The summed E-state index contributed by atoms with van der Waals surface area (Å²) in [6.07, 6.45) is 0. The lowest BCUT2D eigenvalue weighted by Gasteiger charge is -2.14. The molecular weight excluding hydrogens is 241 g/mol. The molecule has 2 rings (SSSR count). The van der Waals surface area contributed by atoms with Crippen molar-refractivity contribution in [3.8, 4) is 11.5 Å². The van der Waals surface area contributed by atoms with Crippen LogP contribution in [-0.4, -0.2) is 0 Å². The van der Waals surface area contributed by atoms with Gasteiger partial charge >= 0.3 is 0 Å². The molecule has 0 atom stereocenters. The molecule has 0 aliphatic rings. The summed E-state index contributed by atoms with van der Waals surface area (Å²) in [6, 6.07) is 8.82. The van der Waals surface area contributed by atoms with Crippen molar-refractivity contribution < 1.29 is 9.13 Å². The first kappa shape index (κ1) is 13.6. The average molecular weight is 259 g/mol. The van der Waals surface area contributed by atoms with Crippen molar-refractivity contribution in [3.63, 3.8) is 0 Å². The van der Waals surface area contributed by atoms with Crippen molar-refractivity contribution in [1.82, 2.24) is 0 Å². The van der Waals surface area contributed by atoms with Gasteiger partial charge in [0, 0.05) is 6.54 Å². The number of halogens is 1. The molecule has 2 N–H and O–H groups in total. The Morgan fingerprint density at radius 2 is 1.74 bits per heavy atom. The second-order valence-corrected chi connectivity index (χ2v) is 4.72. The summed E-state index contributed by atoms with van der Waals surface area (Å²) in [7, 11) is 0. The first-order valence-electron chi connectivity index (χ1n) is 6.26. The Balaban J connectivity index is 2.39. The highest BCUT2D eigenvalue weighted by Gasteiger charge is 2.11. The molecule has 0 fully saturated rings. The van der Waals surface area contributed by atoms with Gasteiger partial charge in [-0.15, -0.1) is 0 Å². The maximum absolute atomic E-state index is 13.9. The Kier molecular flexibility index (Phi) is 3.86. The minimum Gasteiger partial charge on any atom is -0.454 e. The van der Waals surface area contributed by atoms with Gasteiger partial charge in [-0.2, -0.15) is 0 Å². The van der Waals surface area contributed by atoms with E-state index in [4.69, 9.17) is 10.5 Å². The number of hydrogen-bond acceptors (Lipinski definition) is 2. The lowest BCUT2D eigenvalue weighted by atomic mass is 10.1. The molecule has 0 spiro atoms. The standard InChI is InChI=1S/C16H18FNO/c1-10-4-5-11(2)16(12(10)3)19-15-7-6-13(9-18)8-14(15)17/h4-8H,9,18H2,1-3H3. The molecule has 100 valence electrons. The van der Waals surface area contributed by atoms with E-state index in [0.29, 0.717) is 6.54 Å². The van der Waals surface area contributed by atoms with E-state index >= 15 is 0 Å². The summed E-state index contributed by atoms with van der Waals surface area (Å²) >= 11 is 0. The van der Waals surface area contributed by atoms with E-state index in [-0.39, 0.29) is 11.6 Å². The van der Waals surface area contributed by atoms with Crippen LogP contribution in [-0.2, 0) is 6.54 Å². The summed E-state index contributed by atoms with van der Waals surface area (Å²) in [5, 5.41) is 0. The lowest BCUT2D eigenvalue weighted by Crippen LogP contribution is -1.99. The fourth-order valence-corrected chi connectivity index (χ4v) is 1.95. The van der Waals surface area contributed by atoms with Crippen LogP contribution in [0, 0.1) is 26.6 Å². The van der Waals surface area contributed by atoms with Gasteiger partial charge in [0.25, 0.3) is 0 Å². The molecule has 0 bridgehead atoms. The van der Waals surface area contributed by atoms with Crippen LogP contribution in [0.3, 0.4) is 0 Å². The topological polar surface area (TPSA) is 35.2 Å². The van der Waals surface area contributed by atoms with Crippen molar-refractivity contribution in [2.45, 2.75) is 27.3 Å². The SMILES string of the molecule is Cc1ccc(C)c(Oc2ccc(CN)cc2F)c1C. The Bertz CT molecular complexity index is 608. The zero-order chi connectivity index (χ0) is 14.0. The second-order valence-electron chi connectivity index (χ2n) is 4.72. The summed E-state index contributed by atoms with van der Waals surface area (Å²) < 4.78 is 19.6. The first-order chi connectivity index (χ1) is 9.02. The van der Waals surface area contributed by atoms with Gasteiger partial charge in [0.1, 0.15) is 5.75 Å². The minimum absolute atomic E-state index is 0.231. The van der Waals surface area contributed by atoms with Crippen molar-refractivity contribution in [3.05, 3.63) is 58.4 Å². The molecule has 19 heavy (non-hydrogen) atoms. The van der Waals surface area contributed by atoms with Gasteiger partial charge < -0.3 is 10.5 Å². The molecule has 0 heterocycles. The Labute approximate surface area is 113 Å². The maximum atomic E-state index is 13.9. The Morgan fingerprint density at radius 1 is 1.05 bits per heavy atom. The third kappa shape index (κ3) is 2.76. The van der Waals surface area contributed by atoms with E-state index in [9.17, 15) is 4.39 Å². The molecule has 2 nitrogen and oxygen atoms in total. The monoisotopic (exact) mass is 259 g/mol. The zero-order valence-corrected chi connectivity index (χ0v) is 11.5. The minimum atomic E-state index is -0.386. The van der Waals surface area contributed by atoms with Crippen LogP contribution >= 0.6 is 0 Å². The van der Waals surface area contributed by atoms with E-state index in [1.807, 2.05) is 32.9 Å². The third-order valence-electron chi connectivity index (χ3n) is 3.32. The average Bonchev–Trinajstić information content (AvgIpc) is 2.40. The van der Waals surface area contributed by atoms with E-state index in [0.717, 1.165) is 28.0 Å². The van der Waals surface area contributed by atoms with Gasteiger partial charge in [-0.1, -0.05) is 18.2 Å². The molecule has 0 aromatic heterocycles. The molecule has 2 aromatic carbocycles. The van der Waals surface area contributed by atoms with Crippen molar-refractivity contribution >= 4 is 0 Å². The fraction of sp³-hybridized carbons (Fsp3) is 0.250. The number of rotatable bonds is 3. The number of aryl methyl sites for hydroxylation is 2. The van der Waals surface area contributed by atoms with E-state index in [2.05, 4.69) is 0 Å². The van der Waals surface area contributed by atoms with Crippen LogP contribution in [0.4, 0.5) is 4.39 Å². The second kappa shape index (κ2) is 5.41. The van der Waals surface area contributed by atoms with Crippen molar-refractivity contribution in [2.75, 3.05) is 0 Å². The maximum Gasteiger partial charge on any atom is 0.166 e. The normalized spacial score (nSPS) is 10.6. The molecule has 0 saturated carbocycles. The predicted octanol–water partition coefficient (Wildman–Crippen LogP) is 4.00. The van der Waals surface area contributed by atoms with Crippen LogP contribution in [0.25, 0.3) is 0 Å². The first-order valence-corrected chi connectivity index (χ1v) is 6.26. The van der Waals surface area contributed by atoms with Crippen molar-refractivity contribution in [2.24, 2.45) is 5.73 Å². The van der Waals surface area contributed by atoms with Gasteiger partial charge in [0.05, 0.1) is 0 Å². The van der Waals surface area contributed by atoms with E-state index < -0.39 is 0 Å². The van der Waals surface area contributed by atoms with Crippen LogP contribution in [0.1, 0.15) is 22.3 Å². The van der Waals surface area contributed by atoms with Crippen molar-refractivity contribution in [1.29, 1.82) is 0 Å². The summed E-state index contributed by atoms with van der Waals surface area (Å²) in [6.45, 7) is 6.26. The molecule has 0 aliphatic heterocycles. The predicted molar refractivity (Wildman–Crippen MR) is 75.0 cm³/mol. The van der Waals surface area contributed by atoms with Gasteiger partial charge in [-0.3, -0.25) is 0 Å². The molecule has 2 aromatic rings. The Morgan fingerprint density at radius 3 is 2.37 bits per heavy atom. The molecule has 0 radical (unpaired) electrons. The summed E-state index contributed by atoms with van der Waals surface area (Å²) in [5.41, 5.74) is 9.38. The largest absolute Gasteiger partial charge is 0.454 e. The quantitative estimate of drug-likeness (QED) is 0.904. The third-order valence-corrected chi connectivity index (χ3v) is 3.32. The molecule has 0 unspecified atom stereocenters. The van der Waals surface area contributed by atoms with Gasteiger partial charge in [0.15, 0.2) is 11.6 Å². The molecular formula is C16H18FNO. The molecule has 0 aliphatic carbocycles. The lowest BCUT2D eigenvalue weighted by molar-refractivity contribution is 0.436. The van der Waals surface area contributed by atoms with Gasteiger partial charge in [-0.25, -0.2) is 4.39 Å². The van der Waals surface area contributed by atoms with E-state index in [1.165, 1.54) is 6.07 Å². The van der Waals surface area contributed by atoms with Crippen LogP contribution < -0.4 is 10.5 Å². The fourth-order valence-electron chi connectivity index (χ4n) is 1.95. The van der Waals surface area contributed by atoms with Crippen LogP contribution in [0.15, 0.2) is 30.3 Å². The summed E-state index contributed by atoms with van der Waals surface area (Å²) in [4.78, 5) is 0. The number of hydrogen-bond donors (Lipinski definition) is 1. The highest BCUT2D eigenvalue weighted by Crippen LogP contribution is 2.32. The molecule has 0 amide bonds. The van der Waals surface area contributed by atoms with Gasteiger partial charge in [0.2, 0.25) is 0 Å². The highest BCUT2D eigenvalue weighted by molar-refractivity contribution is 5.47. The van der Waals surface area contributed by atoms with Crippen LogP contribution in [0.2, 0.25) is 0 Å². The van der Waals surface area contributed by atoms with Crippen LogP contribution in [0.5, 0.6) is 11.5 Å². The van der Waals surface area contributed by atoms with E-state index in [1.54, 1.807) is 12.1 Å². The number of benzene rings is 2. The van der Waals surface area contributed by atoms with Gasteiger partial charge in [-0.05, 0) is 55.2 Å².